The smallest absolute Gasteiger partial charge is 0.257 e. The molecule has 0 saturated carbocycles. The number of anilines is 2. The number of fused-ring (bicyclic) bond motifs is 1. The first kappa shape index (κ1) is 16.9. The molecule has 1 aliphatic rings. The zero-order chi connectivity index (χ0) is 18.6. The van der Waals surface area contributed by atoms with Gasteiger partial charge in [-0.05, 0) is 42.3 Å². The molecule has 4 rings (SSSR count). The lowest BCUT2D eigenvalue weighted by Gasteiger charge is -2.10. The number of rotatable bonds is 5. The van der Waals surface area contributed by atoms with Gasteiger partial charge in [-0.3, -0.25) is 9.78 Å². The standard InChI is InChI=1S/C21H19N3O3/c1-14-4-2-3-5-18(14)24-21(25)16-9-17(12-22-11-16)23-10-15-6-7-19-20(8-15)27-13-26-19/h2-9,11-12,23H,10,13H2,1H3,(H,24,25). The number of aromatic nitrogens is 1. The lowest BCUT2D eigenvalue weighted by atomic mass is 10.1. The third-order valence-corrected chi connectivity index (χ3v) is 4.33. The fraction of sp³-hybridized carbons (Fsp3) is 0.143. The predicted molar refractivity (Wildman–Crippen MR) is 103 cm³/mol. The number of hydrogen-bond acceptors (Lipinski definition) is 5. The van der Waals surface area contributed by atoms with Crippen molar-refractivity contribution < 1.29 is 14.3 Å². The van der Waals surface area contributed by atoms with Gasteiger partial charge in [-0.1, -0.05) is 24.3 Å². The minimum atomic E-state index is -0.191. The van der Waals surface area contributed by atoms with Crippen LogP contribution in [0, 0.1) is 6.92 Å². The molecule has 0 saturated heterocycles. The molecule has 1 amide bonds. The summed E-state index contributed by atoms with van der Waals surface area (Å²) in [6.07, 6.45) is 3.25. The molecule has 0 spiro atoms. The van der Waals surface area contributed by atoms with Crippen LogP contribution in [0.3, 0.4) is 0 Å². The molecule has 0 aliphatic carbocycles. The summed E-state index contributed by atoms with van der Waals surface area (Å²) in [5.74, 6) is 1.32. The zero-order valence-electron chi connectivity index (χ0n) is 14.9. The average Bonchev–Trinajstić information content (AvgIpc) is 3.16. The summed E-state index contributed by atoms with van der Waals surface area (Å²) in [5, 5.41) is 6.20. The van der Waals surface area contributed by atoms with Crippen LogP contribution in [0.25, 0.3) is 0 Å². The Morgan fingerprint density at radius 1 is 1.07 bits per heavy atom. The van der Waals surface area contributed by atoms with Crippen LogP contribution in [-0.2, 0) is 6.54 Å². The quantitative estimate of drug-likeness (QED) is 0.719. The molecule has 0 radical (unpaired) electrons. The Bertz CT molecular complexity index is 988. The molecule has 0 bridgehead atoms. The largest absolute Gasteiger partial charge is 0.454 e. The number of para-hydroxylation sites is 1. The third kappa shape index (κ3) is 3.84. The number of nitrogens with zero attached hydrogens (tertiary/aromatic N) is 1. The number of carbonyl (C=O) groups excluding carboxylic acids is 1. The minimum Gasteiger partial charge on any atom is -0.454 e. The molecule has 136 valence electrons. The summed E-state index contributed by atoms with van der Waals surface area (Å²) in [5.41, 5.74) is 4.12. The van der Waals surface area contributed by atoms with E-state index < -0.39 is 0 Å². The molecule has 27 heavy (non-hydrogen) atoms. The Labute approximate surface area is 157 Å². The van der Waals surface area contributed by atoms with Crippen molar-refractivity contribution in [2.24, 2.45) is 0 Å². The summed E-state index contributed by atoms with van der Waals surface area (Å²) < 4.78 is 10.7. The van der Waals surface area contributed by atoms with Gasteiger partial charge < -0.3 is 20.1 Å². The van der Waals surface area contributed by atoms with Crippen molar-refractivity contribution in [1.29, 1.82) is 0 Å². The van der Waals surface area contributed by atoms with Crippen LogP contribution >= 0.6 is 0 Å². The molecular weight excluding hydrogens is 342 g/mol. The summed E-state index contributed by atoms with van der Waals surface area (Å²) >= 11 is 0. The van der Waals surface area contributed by atoms with Crippen molar-refractivity contribution in [3.63, 3.8) is 0 Å². The molecule has 3 aromatic rings. The van der Waals surface area contributed by atoms with Crippen molar-refractivity contribution >= 4 is 17.3 Å². The van der Waals surface area contributed by atoms with E-state index in [0.717, 1.165) is 34.0 Å². The first-order valence-electron chi connectivity index (χ1n) is 8.63. The van der Waals surface area contributed by atoms with Crippen LogP contribution in [0.2, 0.25) is 0 Å². The minimum absolute atomic E-state index is 0.191. The van der Waals surface area contributed by atoms with Gasteiger partial charge in [0.25, 0.3) is 5.91 Å². The molecule has 6 nitrogen and oxygen atoms in total. The molecular formula is C21H19N3O3. The van der Waals surface area contributed by atoms with Crippen molar-refractivity contribution in [3.05, 3.63) is 77.6 Å². The molecule has 2 aromatic carbocycles. The highest BCUT2D eigenvalue weighted by Crippen LogP contribution is 2.32. The number of hydrogen-bond donors (Lipinski definition) is 2. The SMILES string of the molecule is Cc1ccccc1NC(=O)c1cncc(NCc2ccc3c(c2)OCO3)c1. The molecule has 2 heterocycles. The van der Waals surface area contributed by atoms with Crippen LogP contribution in [-0.4, -0.2) is 17.7 Å². The Hall–Kier alpha value is -3.54. The van der Waals surface area contributed by atoms with Crippen LogP contribution < -0.4 is 20.1 Å². The van der Waals surface area contributed by atoms with E-state index in [9.17, 15) is 4.79 Å². The van der Waals surface area contributed by atoms with E-state index in [1.165, 1.54) is 0 Å². The monoisotopic (exact) mass is 361 g/mol. The first-order valence-corrected chi connectivity index (χ1v) is 8.63. The Kier molecular flexibility index (Phi) is 4.61. The maximum atomic E-state index is 12.5. The van der Waals surface area contributed by atoms with E-state index in [0.29, 0.717) is 12.1 Å². The van der Waals surface area contributed by atoms with Crippen LogP contribution in [0.1, 0.15) is 21.5 Å². The van der Waals surface area contributed by atoms with Gasteiger partial charge >= 0.3 is 0 Å². The second-order valence-electron chi connectivity index (χ2n) is 6.27. The lowest BCUT2D eigenvalue weighted by Crippen LogP contribution is -2.13. The highest BCUT2D eigenvalue weighted by atomic mass is 16.7. The number of pyridine rings is 1. The van der Waals surface area contributed by atoms with E-state index in [1.807, 2.05) is 49.4 Å². The van der Waals surface area contributed by atoms with Gasteiger partial charge in [0.1, 0.15) is 0 Å². The second-order valence-corrected chi connectivity index (χ2v) is 6.27. The maximum absolute atomic E-state index is 12.5. The Morgan fingerprint density at radius 2 is 1.93 bits per heavy atom. The molecule has 2 N–H and O–H groups in total. The highest BCUT2D eigenvalue weighted by Gasteiger charge is 2.13. The van der Waals surface area contributed by atoms with Crippen molar-refractivity contribution in [2.75, 3.05) is 17.4 Å². The molecule has 0 atom stereocenters. The Morgan fingerprint density at radius 3 is 2.81 bits per heavy atom. The van der Waals surface area contributed by atoms with E-state index in [1.54, 1.807) is 18.5 Å². The topological polar surface area (TPSA) is 72.5 Å². The third-order valence-electron chi connectivity index (χ3n) is 4.33. The fourth-order valence-electron chi connectivity index (χ4n) is 2.82. The van der Waals surface area contributed by atoms with Crippen LogP contribution in [0.5, 0.6) is 11.5 Å². The van der Waals surface area contributed by atoms with Gasteiger partial charge in [0, 0.05) is 24.6 Å². The van der Waals surface area contributed by atoms with E-state index in [4.69, 9.17) is 9.47 Å². The number of carbonyl (C=O) groups is 1. The zero-order valence-corrected chi connectivity index (χ0v) is 14.9. The van der Waals surface area contributed by atoms with E-state index in [2.05, 4.69) is 15.6 Å². The van der Waals surface area contributed by atoms with Crippen molar-refractivity contribution in [2.45, 2.75) is 13.5 Å². The molecule has 1 aliphatic heterocycles. The molecule has 1 aromatic heterocycles. The average molecular weight is 361 g/mol. The van der Waals surface area contributed by atoms with Crippen molar-refractivity contribution in [1.82, 2.24) is 4.98 Å². The number of ether oxygens (including phenoxy) is 2. The molecule has 0 unspecified atom stereocenters. The van der Waals surface area contributed by atoms with E-state index in [-0.39, 0.29) is 12.7 Å². The van der Waals surface area contributed by atoms with Gasteiger partial charge in [-0.15, -0.1) is 0 Å². The second kappa shape index (κ2) is 7.37. The van der Waals surface area contributed by atoms with Crippen LogP contribution in [0.4, 0.5) is 11.4 Å². The maximum Gasteiger partial charge on any atom is 0.257 e. The molecule has 6 heteroatoms. The lowest BCUT2D eigenvalue weighted by molar-refractivity contribution is 0.102. The first-order chi connectivity index (χ1) is 13.2. The fourth-order valence-corrected chi connectivity index (χ4v) is 2.82. The summed E-state index contributed by atoms with van der Waals surface area (Å²) in [4.78, 5) is 16.7. The van der Waals surface area contributed by atoms with Gasteiger partial charge in [0.05, 0.1) is 11.3 Å². The number of nitrogens with one attached hydrogen (secondary N) is 2. The summed E-state index contributed by atoms with van der Waals surface area (Å²) in [6, 6.07) is 15.3. The van der Waals surface area contributed by atoms with Gasteiger partial charge in [0.15, 0.2) is 11.5 Å². The Balaban J connectivity index is 1.43. The normalized spacial score (nSPS) is 11.9. The van der Waals surface area contributed by atoms with Crippen LogP contribution in [0.15, 0.2) is 60.9 Å². The predicted octanol–water partition coefficient (Wildman–Crippen LogP) is 3.98. The molecule has 0 fully saturated rings. The summed E-state index contributed by atoms with van der Waals surface area (Å²) in [7, 11) is 0. The number of benzene rings is 2. The van der Waals surface area contributed by atoms with Gasteiger partial charge in [-0.25, -0.2) is 0 Å². The van der Waals surface area contributed by atoms with Gasteiger partial charge in [-0.2, -0.15) is 0 Å². The van der Waals surface area contributed by atoms with Crippen molar-refractivity contribution in [3.8, 4) is 11.5 Å². The summed E-state index contributed by atoms with van der Waals surface area (Å²) in [6.45, 7) is 2.80. The highest BCUT2D eigenvalue weighted by molar-refractivity contribution is 6.04. The number of aryl methyl sites for hydroxylation is 1. The van der Waals surface area contributed by atoms with Gasteiger partial charge in [0.2, 0.25) is 6.79 Å². The number of amides is 1. The van der Waals surface area contributed by atoms with E-state index >= 15 is 0 Å².